The number of hydrogen-bond acceptors (Lipinski definition) is 3. The molecule has 0 spiro atoms. The lowest BCUT2D eigenvalue weighted by Gasteiger charge is -2.27. The van der Waals surface area contributed by atoms with E-state index in [4.69, 9.17) is 14.7 Å². The summed E-state index contributed by atoms with van der Waals surface area (Å²) in [4.78, 5) is 9.43. The van der Waals surface area contributed by atoms with Crippen LogP contribution in [0.5, 0.6) is 5.75 Å². The van der Waals surface area contributed by atoms with Gasteiger partial charge < -0.3 is 4.74 Å². The Morgan fingerprint density at radius 3 is 1.91 bits per heavy atom. The molecule has 1 aromatic carbocycles. The smallest absolute Gasteiger partial charge is 0.131 e. The standard InChI is InChI=1S/C29H44N2O/c1-3-5-7-9-11-24-15-19-28(20-16-24)32-23-25-13-17-27(18-14-25)29-30-21-26(22-31-29)12-10-8-6-4-2/h15-16,19-22,25,27H,3-14,17-18,23H2,1-2H3. The highest BCUT2D eigenvalue weighted by atomic mass is 16.5. The summed E-state index contributed by atoms with van der Waals surface area (Å²) in [5.41, 5.74) is 2.72. The number of rotatable bonds is 14. The molecule has 1 aromatic heterocycles. The van der Waals surface area contributed by atoms with Crippen molar-refractivity contribution in [3.05, 3.63) is 53.6 Å². The molecule has 0 N–H and O–H groups in total. The third-order valence-electron chi connectivity index (χ3n) is 6.98. The van der Waals surface area contributed by atoms with Crippen LogP contribution in [0.2, 0.25) is 0 Å². The quantitative estimate of drug-likeness (QED) is 0.281. The summed E-state index contributed by atoms with van der Waals surface area (Å²) in [6, 6.07) is 8.78. The lowest BCUT2D eigenvalue weighted by atomic mass is 9.82. The van der Waals surface area contributed by atoms with E-state index in [0.717, 1.165) is 24.6 Å². The molecule has 1 aliphatic rings. The molecule has 176 valence electrons. The number of hydrogen-bond donors (Lipinski definition) is 0. The van der Waals surface area contributed by atoms with E-state index in [9.17, 15) is 0 Å². The minimum absolute atomic E-state index is 0.521. The first-order valence-corrected chi connectivity index (χ1v) is 13.3. The topological polar surface area (TPSA) is 35.0 Å². The summed E-state index contributed by atoms with van der Waals surface area (Å²) < 4.78 is 6.12. The van der Waals surface area contributed by atoms with Crippen molar-refractivity contribution in [3.63, 3.8) is 0 Å². The summed E-state index contributed by atoms with van der Waals surface area (Å²) in [5.74, 6) is 3.24. The van der Waals surface area contributed by atoms with Gasteiger partial charge in [-0.25, -0.2) is 9.97 Å². The molecule has 0 unspecified atom stereocenters. The molecule has 2 aromatic rings. The summed E-state index contributed by atoms with van der Waals surface area (Å²) >= 11 is 0. The Labute approximate surface area is 196 Å². The van der Waals surface area contributed by atoms with Gasteiger partial charge in [0.15, 0.2) is 0 Å². The van der Waals surface area contributed by atoms with Gasteiger partial charge in [-0.3, -0.25) is 0 Å². The van der Waals surface area contributed by atoms with Crippen LogP contribution < -0.4 is 4.74 Å². The zero-order chi connectivity index (χ0) is 22.4. The molecular formula is C29H44N2O. The lowest BCUT2D eigenvalue weighted by molar-refractivity contribution is 0.198. The van der Waals surface area contributed by atoms with E-state index in [1.807, 2.05) is 0 Å². The lowest BCUT2D eigenvalue weighted by Crippen LogP contribution is -2.20. The third kappa shape index (κ3) is 8.56. The van der Waals surface area contributed by atoms with E-state index in [1.54, 1.807) is 0 Å². The highest BCUT2D eigenvalue weighted by Crippen LogP contribution is 2.34. The van der Waals surface area contributed by atoms with Gasteiger partial charge in [0.25, 0.3) is 0 Å². The van der Waals surface area contributed by atoms with Crippen molar-refractivity contribution in [1.29, 1.82) is 0 Å². The van der Waals surface area contributed by atoms with Crippen LogP contribution >= 0.6 is 0 Å². The van der Waals surface area contributed by atoms with Crippen LogP contribution in [-0.2, 0) is 12.8 Å². The predicted molar refractivity (Wildman–Crippen MR) is 134 cm³/mol. The first kappa shape index (κ1) is 24.7. The zero-order valence-electron chi connectivity index (χ0n) is 20.5. The SMILES string of the molecule is CCCCCCc1ccc(OCC2CCC(c3ncc(CCCCCC)cn3)CC2)cc1. The molecule has 0 aliphatic heterocycles. The van der Waals surface area contributed by atoms with Crippen molar-refractivity contribution in [1.82, 2.24) is 9.97 Å². The number of aromatic nitrogens is 2. The second-order valence-corrected chi connectivity index (χ2v) is 9.74. The average Bonchev–Trinajstić information content (AvgIpc) is 2.85. The molecule has 3 rings (SSSR count). The van der Waals surface area contributed by atoms with E-state index in [2.05, 4.69) is 50.5 Å². The van der Waals surface area contributed by atoms with E-state index in [-0.39, 0.29) is 0 Å². The highest BCUT2D eigenvalue weighted by molar-refractivity contribution is 5.27. The molecule has 1 fully saturated rings. The minimum atomic E-state index is 0.521. The molecular weight excluding hydrogens is 392 g/mol. The first-order valence-electron chi connectivity index (χ1n) is 13.3. The number of unbranched alkanes of at least 4 members (excludes halogenated alkanes) is 6. The second-order valence-electron chi connectivity index (χ2n) is 9.74. The minimum Gasteiger partial charge on any atom is -0.493 e. The summed E-state index contributed by atoms with van der Waals surface area (Å²) in [5, 5.41) is 0. The largest absolute Gasteiger partial charge is 0.493 e. The molecule has 0 atom stereocenters. The van der Waals surface area contributed by atoms with Crippen LogP contribution in [0.4, 0.5) is 0 Å². The fourth-order valence-electron chi connectivity index (χ4n) is 4.77. The molecule has 1 heterocycles. The molecule has 0 bridgehead atoms. The fourth-order valence-corrected chi connectivity index (χ4v) is 4.77. The zero-order valence-corrected chi connectivity index (χ0v) is 20.5. The Morgan fingerprint density at radius 1 is 0.719 bits per heavy atom. The van der Waals surface area contributed by atoms with E-state index in [0.29, 0.717) is 11.8 Å². The number of ether oxygens (including phenoxy) is 1. The molecule has 0 radical (unpaired) electrons. The van der Waals surface area contributed by atoms with Gasteiger partial charge >= 0.3 is 0 Å². The number of nitrogens with zero attached hydrogens (tertiary/aromatic N) is 2. The number of benzene rings is 1. The van der Waals surface area contributed by atoms with Crippen LogP contribution in [0.15, 0.2) is 36.7 Å². The Hall–Kier alpha value is -1.90. The fraction of sp³-hybridized carbons (Fsp3) is 0.655. The monoisotopic (exact) mass is 436 g/mol. The van der Waals surface area contributed by atoms with Gasteiger partial charge in [0.2, 0.25) is 0 Å². The molecule has 3 nitrogen and oxygen atoms in total. The summed E-state index contributed by atoms with van der Waals surface area (Å²) in [6.45, 7) is 5.35. The van der Waals surface area contributed by atoms with Gasteiger partial charge in [-0.2, -0.15) is 0 Å². The molecule has 1 saturated carbocycles. The molecule has 1 aliphatic carbocycles. The van der Waals surface area contributed by atoms with Gasteiger partial charge in [-0.1, -0.05) is 64.5 Å². The molecule has 0 saturated heterocycles. The van der Waals surface area contributed by atoms with Gasteiger partial charge in [-0.15, -0.1) is 0 Å². The highest BCUT2D eigenvalue weighted by Gasteiger charge is 2.24. The first-order chi connectivity index (χ1) is 15.8. The molecule has 0 amide bonds. The Kier molecular flexibility index (Phi) is 11.0. The Balaban J connectivity index is 1.34. The van der Waals surface area contributed by atoms with Crippen molar-refractivity contribution in [2.45, 2.75) is 110 Å². The van der Waals surface area contributed by atoms with E-state index >= 15 is 0 Å². The van der Waals surface area contributed by atoms with Gasteiger partial charge in [0.05, 0.1) is 6.61 Å². The third-order valence-corrected chi connectivity index (χ3v) is 6.98. The maximum Gasteiger partial charge on any atom is 0.131 e. The van der Waals surface area contributed by atoms with Crippen LogP contribution in [0.1, 0.15) is 114 Å². The Bertz CT molecular complexity index is 733. The molecule has 32 heavy (non-hydrogen) atoms. The van der Waals surface area contributed by atoms with Crippen molar-refractivity contribution < 1.29 is 4.74 Å². The van der Waals surface area contributed by atoms with Crippen molar-refractivity contribution in [3.8, 4) is 5.75 Å². The van der Waals surface area contributed by atoms with Crippen molar-refractivity contribution >= 4 is 0 Å². The van der Waals surface area contributed by atoms with Gasteiger partial charge in [0, 0.05) is 18.3 Å². The Morgan fingerprint density at radius 2 is 1.31 bits per heavy atom. The maximum absolute atomic E-state index is 6.12. The maximum atomic E-state index is 6.12. The van der Waals surface area contributed by atoms with Crippen molar-refractivity contribution in [2.75, 3.05) is 6.61 Å². The van der Waals surface area contributed by atoms with Crippen LogP contribution in [0.3, 0.4) is 0 Å². The summed E-state index contributed by atoms with van der Waals surface area (Å²) in [6.07, 6.45) is 21.7. The van der Waals surface area contributed by atoms with Crippen LogP contribution in [-0.4, -0.2) is 16.6 Å². The normalized spacial score (nSPS) is 18.6. The number of aryl methyl sites for hydroxylation is 2. The molecule has 3 heteroatoms. The summed E-state index contributed by atoms with van der Waals surface area (Å²) in [7, 11) is 0. The average molecular weight is 437 g/mol. The second kappa shape index (κ2) is 14.3. The van der Waals surface area contributed by atoms with Gasteiger partial charge in [-0.05, 0) is 80.5 Å². The van der Waals surface area contributed by atoms with E-state index < -0.39 is 0 Å². The van der Waals surface area contributed by atoms with Crippen LogP contribution in [0, 0.1) is 5.92 Å². The van der Waals surface area contributed by atoms with Crippen molar-refractivity contribution in [2.24, 2.45) is 5.92 Å². The van der Waals surface area contributed by atoms with Crippen LogP contribution in [0.25, 0.3) is 0 Å². The van der Waals surface area contributed by atoms with E-state index in [1.165, 1.54) is 94.6 Å². The van der Waals surface area contributed by atoms with Gasteiger partial charge in [0.1, 0.15) is 11.6 Å². The predicted octanol–water partition coefficient (Wildman–Crippen LogP) is 8.08.